The highest BCUT2D eigenvalue weighted by Crippen LogP contribution is 2.28. The second-order valence-corrected chi connectivity index (χ2v) is 5.48. The van der Waals surface area contributed by atoms with Gasteiger partial charge in [0.1, 0.15) is 11.5 Å². The third-order valence-corrected chi connectivity index (χ3v) is 3.68. The third-order valence-electron chi connectivity index (χ3n) is 3.68. The molecule has 5 nitrogen and oxygen atoms in total. The van der Waals surface area contributed by atoms with E-state index in [1.54, 1.807) is 6.07 Å². The van der Waals surface area contributed by atoms with Gasteiger partial charge < -0.3 is 20.4 Å². The van der Waals surface area contributed by atoms with Crippen molar-refractivity contribution in [1.82, 2.24) is 10.2 Å². The van der Waals surface area contributed by atoms with Crippen LogP contribution in [0.1, 0.15) is 38.3 Å². The van der Waals surface area contributed by atoms with Crippen LogP contribution in [0.4, 0.5) is 0 Å². The highest BCUT2D eigenvalue weighted by atomic mass is 16.3. The molecule has 0 radical (unpaired) electrons. The number of aromatic hydroxyl groups is 2. The molecular weight excluding hydrogens is 256 g/mol. The minimum Gasteiger partial charge on any atom is -0.508 e. The molecule has 2 unspecified atom stereocenters. The molecule has 0 aliphatic carbocycles. The van der Waals surface area contributed by atoms with Gasteiger partial charge in [-0.1, -0.05) is 0 Å². The van der Waals surface area contributed by atoms with Crippen molar-refractivity contribution in [3.05, 3.63) is 23.8 Å². The van der Waals surface area contributed by atoms with Crippen molar-refractivity contribution in [3.8, 4) is 11.5 Å². The summed E-state index contributed by atoms with van der Waals surface area (Å²) in [6.45, 7) is 5.44. The number of hydrogen-bond donors (Lipinski definition) is 3. The number of phenolic OH excluding ortho intramolecular Hbond substituents is 2. The average Bonchev–Trinajstić information content (AvgIpc) is 2.77. The zero-order chi connectivity index (χ0) is 14.7. The van der Waals surface area contributed by atoms with E-state index in [9.17, 15) is 15.0 Å². The first kappa shape index (κ1) is 14.7. The molecule has 1 aromatic rings. The van der Waals surface area contributed by atoms with E-state index in [0.717, 1.165) is 13.0 Å². The number of rotatable bonds is 5. The maximum atomic E-state index is 11.6. The Hall–Kier alpha value is -1.75. The summed E-state index contributed by atoms with van der Waals surface area (Å²) in [6, 6.07) is 4.51. The molecule has 1 aliphatic rings. The summed E-state index contributed by atoms with van der Waals surface area (Å²) in [6.07, 6.45) is 1.59. The molecular formula is C15H22N2O3. The number of nitrogens with one attached hydrogen (secondary N) is 1. The number of likely N-dealkylation sites (tertiary alicyclic amines) is 1. The van der Waals surface area contributed by atoms with Crippen molar-refractivity contribution in [1.29, 1.82) is 0 Å². The smallest absolute Gasteiger partial charge is 0.222 e. The number of phenols is 2. The zero-order valence-corrected chi connectivity index (χ0v) is 12.0. The Morgan fingerprint density at radius 2 is 2.10 bits per heavy atom. The van der Waals surface area contributed by atoms with Crippen LogP contribution in [0.15, 0.2) is 18.2 Å². The van der Waals surface area contributed by atoms with Crippen LogP contribution in [0.3, 0.4) is 0 Å². The topological polar surface area (TPSA) is 72.8 Å². The molecule has 0 bridgehead atoms. The Balaban J connectivity index is 1.94. The van der Waals surface area contributed by atoms with Crippen LogP contribution in [0.5, 0.6) is 11.5 Å². The fourth-order valence-electron chi connectivity index (χ4n) is 2.69. The van der Waals surface area contributed by atoms with Gasteiger partial charge in [-0.2, -0.15) is 0 Å². The van der Waals surface area contributed by atoms with Gasteiger partial charge in [0.15, 0.2) is 0 Å². The second-order valence-electron chi connectivity index (χ2n) is 5.48. The van der Waals surface area contributed by atoms with Crippen molar-refractivity contribution in [2.75, 3.05) is 13.1 Å². The molecule has 0 spiro atoms. The monoisotopic (exact) mass is 278 g/mol. The molecule has 1 fully saturated rings. The van der Waals surface area contributed by atoms with E-state index in [-0.39, 0.29) is 29.5 Å². The Morgan fingerprint density at radius 1 is 1.35 bits per heavy atom. The van der Waals surface area contributed by atoms with Crippen LogP contribution in [0.2, 0.25) is 0 Å². The fraction of sp³-hybridized carbons (Fsp3) is 0.533. The van der Waals surface area contributed by atoms with Crippen molar-refractivity contribution < 1.29 is 15.0 Å². The molecule has 2 rings (SSSR count). The van der Waals surface area contributed by atoms with Crippen LogP contribution in [0, 0.1) is 0 Å². The first-order chi connectivity index (χ1) is 9.47. The van der Waals surface area contributed by atoms with Crippen LogP contribution >= 0.6 is 0 Å². The van der Waals surface area contributed by atoms with Crippen molar-refractivity contribution in [3.63, 3.8) is 0 Å². The van der Waals surface area contributed by atoms with Gasteiger partial charge in [0.05, 0.1) is 0 Å². The van der Waals surface area contributed by atoms with Crippen LogP contribution in [-0.4, -0.2) is 40.2 Å². The highest BCUT2D eigenvalue weighted by molar-refractivity contribution is 5.78. The first-order valence-corrected chi connectivity index (χ1v) is 7.03. The Bertz CT molecular complexity index is 490. The summed E-state index contributed by atoms with van der Waals surface area (Å²) in [4.78, 5) is 13.5. The predicted octanol–water partition coefficient (Wildman–Crippen LogP) is 1.76. The molecule has 1 saturated heterocycles. The van der Waals surface area contributed by atoms with Crippen LogP contribution in [0.25, 0.3) is 0 Å². The Kier molecular flexibility index (Phi) is 4.49. The lowest BCUT2D eigenvalue weighted by atomic mass is 10.1. The van der Waals surface area contributed by atoms with Gasteiger partial charge in [0, 0.05) is 37.2 Å². The normalized spacial score (nSPS) is 18.3. The summed E-state index contributed by atoms with van der Waals surface area (Å²) in [5, 5.41) is 22.7. The molecule has 2 atom stereocenters. The lowest BCUT2D eigenvalue weighted by Crippen LogP contribution is -2.40. The van der Waals surface area contributed by atoms with E-state index in [1.165, 1.54) is 12.1 Å². The van der Waals surface area contributed by atoms with Crippen LogP contribution in [-0.2, 0) is 4.79 Å². The number of benzene rings is 1. The number of carbonyl (C=O) groups is 1. The Morgan fingerprint density at radius 3 is 2.75 bits per heavy atom. The van der Waals surface area contributed by atoms with Crippen LogP contribution < -0.4 is 5.32 Å². The van der Waals surface area contributed by atoms with Gasteiger partial charge in [0.25, 0.3) is 0 Å². The van der Waals surface area contributed by atoms with Crippen molar-refractivity contribution in [2.45, 2.75) is 38.8 Å². The molecule has 0 saturated carbocycles. The number of amides is 1. The standard InChI is InChI=1S/C15H22N2O3/c1-10(9-17-7-3-4-15(17)20)16-11(2)13-8-12(18)5-6-14(13)19/h5-6,8,10-11,16,18-19H,3-4,7,9H2,1-2H3. The maximum Gasteiger partial charge on any atom is 0.222 e. The van der Waals surface area contributed by atoms with Gasteiger partial charge in [-0.15, -0.1) is 0 Å². The largest absolute Gasteiger partial charge is 0.508 e. The SMILES string of the molecule is CC(CN1CCCC1=O)NC(C)c1cc(O)ccc1O. The van der Waals surface area contributed by atoms with E-state index < -0.39 is 0 Å². The van der Waals surface area contributed by atoms with Crippen molar-refractivity contribution >= 4 is 5.91 Å². The first-order valence-electron chi connectivity index (χ1n) is 7.03. The summed E-state index contributed by atoms with van der Waals surface area (Å²) in [5.41, 5.74) is 0.657. The summed E-state index contributed by atoms with van der Waals surface area (Å²) in [7, 11) is 0. The molecule has 1 amide bonds. The molecule has 0 aromatic heterocycles. The molecule has 1 aromatic carbocycles. The molecule has 5 heteroatoms. The minimum atomic E-state index is -0.102. The lowest BCUT2D eigenvalue weighted by molar-refractivity contribution is -0.127. The Labute approximate surface area is 119 Å². The van der Waals surface area contributed by atoms with E-state index >= 15 is 0 Å². The van der Waals surface area contributed by atoms with E-state index in [2.05, 4.69) is 5.32 Å². The molecule has 20 heavy (non-hydrogen) atoms. The van der Waals surface area contributed by atoms with Gasteiger partial charge in [0.2, 0.25) is 5.91 Å². The van der Waals surface area contributed by atoms with E-state index in [4.69, 9.17) is 0 Å². The van der Waals surface area contributed by atoms with Gasteiger partial charge in [-0.3, -0.25) is 4.79 Å². The summed E-state index contributed by atoms with van der Waals surface area (Å²) in [5.74, 6) is 0.507. The average molecular weight is 278 g/mol. The van der Waals surface area contributed by atoms with Crippen molar-refractivity contribution in [2.24, 2.45) is 0 Å². The van der Waals surface area contributed by atoms with E-state index in [0.29, 0.717) is 18.5 Å². The number of carbonyl (C=O) groups excluding carboxylic acids is 1. The highest BCUT2D eigenvalue weighted by Gasteiger charge is 2.22. The van der Waals surface area contributed by atoms with Gasteiger partial charge in [-0.25, -0.2) is 0 Å². The molecule has 1 heterocycles. The van der Waals surface area contributed by atoms with Gasteiger partial charge in [-0.05, 0) is 38.5 Å². The minimum absolute atomic E-state index is 0.102. The van der Waals surface area contributed by atoms with E-state index in [1.807, 2.05) is 18.7 Å². The lowest BCUT2D eigenvalue weighted by Gasteiger charge is -2.25. The summed E-state index contributed by atoms with van der Waals surface area (Å²) < 4.78 is 0. The maximum absolute atomic E-state index is 11.6. The molecule has 1 aliphatic heterocycles. The zero-order valence-electron chi connectivity index (χ0n) is 12.0. The molecule has 3 N–H and O–H groups in total. The number of nitrogens with zero attached hydrogens (tertiary/aromatic N) is 1. The third kappa shape index (κ3) is 3.42. The fourth-order valence-corrected chi connectivity index (χ4v) is 2.69. The number of hydrogen-bond acceptors (Lipinski definition) is 4. The predicted molar refractivity (Wildman–Crippen MR) is 76.6 cm³/mol. The quantitative estimate of drug-likeness (QED) is 0.718. The summed E-state index contributed by atoms with van der Waals surface area (Å²) >= 11 is 0. The van der Waals surface area contributed by atoms with Gasteiger partial charge >= 0.3 is 0 Å². The second kappa shape index (κ2) is 6.13. The molecule has 110 valence electrons.